The molecule has 15 heavy (non-hydrogen) atoms. The van der Waals surface area contributed by atoms with Crippen LogP contribution >= 0.6 is 11.3 Å². The summed E-state index contributed by atoms with van der Waals surface area (Å²) < 4.78 is 0. The van der Waals surface area contributed by atoms with E-state index >= 15 is 0 Å². The predicted molar refractivity (Wildman–Crippen MR) is 64.3 cm³/mol. The molecule has 1 aromatic heterocycles. The van der Waals surface area contributed by atoms with E-state index in [0.29, 0.717) is 6.04 Å². The summed E-state index contributed by atoms with van der Waals surface area (Å²) in [6, 6.07) is 11.4. The second kappa shape index (κ2) is 3.80. The minimum absolute atomic E-state index is 0.404. The molecule has 0 fully saturated rings. The Bertz CT molecular complexity index is 447. The number of benzene rings is 1. The molecule has 76 valence electrons. The third kappa shape index (κ3) is 1.60. The van der Waals surface area contributed by atoms with Crippen molar-refractivity contribution in [1.82, 2.24) is 5.32 Å². The zero-order valence-corrected chi connectivity index (χ0v) is 9.26. The molecule has 0 saturated carbocycles. The van der Waals surface area contributed by atoms with E-state index in [4.69, 9.17) is 0 Å². The van der Waals surface area contributed by atoms with E-state index in [1.165, 1.54) is 16.7 Å². The maximum Gasteiger partial charge on any atom is 0.0587 e. The molecule has 1 aromatic carbocycles. The summed E-state index contributed by atoms with van der Waals surface area (Å²) in [5.74, 6) is 0. The van der Waals surface area contributed by atoms with Crippen LogP contribution in [0.1, 0.15) is 22.7 Å². The Balaban J connectivity index is 2.06. The first-order valence-electron chi connectivity index (χ1n) is 5.28. The highest BCUT2D eigenvalue weighted by atomic mass is 32.1. The summed E-state index contributed by atoms with van der Waals surface area (Å²) in [5, 5.41) is 7.97. The van der Waals surface area contributed by atoms with E-state index in [2.05, 4.69) is 46.4 Å². The van der Waals surface area contributed by atoms with E-state index in [9.17, 15) is 0 Å². The zero-order chi connectivity index (χ0) is 10.1. The summed E-state index contributed by atoms with van der Waals surface area (Å²) in [6.45, 7) is 1.08. The lowest BCUT2D eigenvalue weighted by Gasteiger charge is -2.26. The lowest BCUT2D eigenvalue weighted by molar-refractivity contribution is 0.569. The molecule has 0 saturated heterocycles. The van der Waals surface area contributed by atoms with Gasteiger partial charge in [-0.2, -0.15) is 11.3 Å². The van der Waals surface area contributed by atoms with Gasteiger partial charge in [-0.25, -0.2) is 0 Å². The number of thiophene rings is 1. The summed E-state index contributed by atoms with van der Waals surface area (Å²) in [4.78, 5) is 0. The molecule has 2 aromatic rings. The lowest BCUT2D eigenvalue weighted by Crippen LogP contribution is -2.30. The molecule has 1 N–H and O–H groups in total. The number of rotatable bonds is 1. The Hall–Kier alpha value is -1.12. The van der Waals surface area contributed by atoms with Gasteiger partial charge in [0, 0.05) is 6.54 Å². The number of hydrogen-bond donors (Lipinski definition) is 1. The SMILES string of the molecule is c1ccc2c(c1)CCN[C@H]2c1ccsc1. The van der Waals surface area contributed by atoms with E-state index in [1.54, 1.807) is 11.3 Å². The van der Waals surface area contributed by atoms with Crippen molar-refractivity contribution in [2.45, 2.75) is 12.5 Å². The van der Waals surface area contributed by atoms with E-state index < -0.39 is 0 Å². The standard InChI is InChI=1S/C13H13NS/c1-2-4-12-10(3-1)5-7-14-13(12)11-6-8-15-9-11/h1-4,6,8-9,13-14H,5,7H2/t13-/m0/s1. The lowest BCUT2D eigenvalue weighted by atomic mass is 9.91. The molecule has 0 spiro atoms. The summed E-state index contributed by atoms with van der Waals surface area (Å²) in [6.07, 6.45) is 1.15. The van der Waals surface area contributed by atoms with Gasteiger partial charge in [-0.05, 0) is 39.9 Å². The van der Waals surface area contributed by atoms with Gasteiger partial charge in [0.05, 0.1) is 6.04 Å². The van der Waals surface area contributed by atoms with Crippen LogP contribution in [-0.4, -0.2) is 6.54 Å². The van der Waals surface area contributed by atoms with Crippen LogP contribution in [0.2, 0.25) is 0 Å². The average molecular weight is 215 g/mol. The fourth-order valence-electron chi connectivity index (χ4n) is 2.24. The Labute approximate surface area is 93.8 Å². The molecule has 3 rings (SSSR count). The first-order valence-corrected chi connectivity index (χ1v) is 6.23. The molecule has 0 aliphatic carbocycles. The Kier molecular flexibility index (Phi) is 2.31. The third-order valence-corrected chi connectivity index (χ3v) is 3.69. The Morgan fingerprint density at radius 2 is 2.13 bits per heavy atom. The van der Waals surface area contributed by atoms with Crippen molar-refractivity contribution >= 4 is 11.3 Å². The highest BCUT2D eigenvalue weighted by Crippen LogP contribution is 2.29. The molecule has 0 bridgehead atoms. The Morgan fingerprint density at radius 3 is 3.00 bits per heavy atom. The average Bonchev–Trinajstić information content (AvgIpc) is 2.82. The highest BCUT2D eigenvalue weighted by molar-refractivity contribution is 7.08. The van der Waals surface area contributed by atoms with Crippen LogP contribution in [0.15, 0.2) is 41.1 Å². The molecule has 0 amide bonds. The van der Waals surface area contributed by atoms with E-state index in [-0.39, 0.29) is 0 Å². The van der Waals surface area contributed by atoms with Gasteiger partial charge in [0.1, 0.15) is 0 Å². The number of nitrogens with one attached hydrogen (secondary N) is 1. The van der Waals surface area contributed by atoms with Gasteiger partial charge in [-0.15, -0.1) is 0 Å². The van der Waals surface area contributed by atoms with Crippen LogP contribution in [0.3, 0.4) is 0 Å². The molecule has 0 unspecified atom stereocenters. The normalized spacial score (nSPS) is 19.9. The van der Waals surface area contributed by atoms with Crippen LogP contribution in [0, 0.1) is 0 Å². The van der Waals surface area contributed by atoms with E-state index in [0.717, 1.165) is 13.0 Å². The first kappa shape index (κ1) is 9.13. The van der Waals surface area contributed by atoms with Gasteiger partial charge in [-0.1, -0.05) is 24.3 Å². The van der Waals surface area contributed by atoms with Crippen LogP contribution in [0.4, 0.5) is 0 Å². The van der Waals surface area contributed by atoms with Crippen molar-refractivity contribution in [3.63, 3.8) is 0 Å². The smallest absolute Gasteiger partial charge is 0.0587 e. The van der Waals surface area contributed by atoms with Gasteiger partial charge in [-0.3, -0.25) is 0 Å². The molecule has 1 atom stereocenters. The molecule has 2 heteroatoms. The minimum Gasteiger partial charge on any atom is -0.306 e. The molecule has 1 aliphatic rings. The van der Waals surface area contributed by atoms with Crippen molar-refractivity contribution < 1.29 is 0 Å². The van der Waals surface area contributed by atoms with Crippen molar-refractivity contribution in [2.75, 3.05) is 6.54 Å². The predicted octanol–water partition coefficient (Wildman–Crippen LogP) is 2.98. The third-order valence-electron chi connectivity index (χ3n) is 2.99. The summed E-state index contributed by atoms with van der Waals surface area (Å²) in [5.41, 5.74) is 4.33. The van der Waals surface area contributed by atoms with Gasteiger partial charge in [0.2, 0.25) is 0 Å². The summed E-state index contributed by atoms with van der Waals surface area (Å²) in [7, 11) is 0. The summed E-state index contributed by atoms with van der Waals surface area (Å²) >= 11 is 1.77. The number of fused-ring (bicyclic) bond motifs is 1. The number of hydrogen-bond acceptors (Lipinski definition) is 2. The topological polar surface area (TPSA) is 12.0 Å². The van der Waals surface area contributed by atoms with Gasteiger partial charge >= 0.3 is 0 Å². The van der Waals surface area contributed by atoms with Crippen LogP contribution < -0.4 is 5.32 Å². The maximum absolute atomic E-state index is 3.58. The molecule has 1 aliphatic heterocycles. The van der Waals surface area contributed by atoms with Gasteiger partial charge < -0.3 is 5.32 Å². The molecule has 0 radical (unpaired) electrons. The monoisotopic (exact) mass is 215 g/mol. The molecule has 2 heterocycles. The van der Waals surface area contributed by atoms with Crippen molar-refractivity contribution in [2.24, 2.45) is 0 Å². The van der Waals surface area contributed by atoms with Gasteiger partial charge in [0.15, 0.2) is 0 Å². The van der Waals surface area contributed by atoms with Crippen molar-refractivity contribution in [1.29, 1.82) is 0 Å². The first-order chi connectivity index (χ1) is 7.45. The van der Waals surface area contributed by atoms with Crippen LogP contribution in [0.25, 0.3) is 0 Å². The van der Waals surface area contributed by atoms with Crippen LogP contribution in [0.5, 0.6) is 0 Å². The van der Waals surface area contributed by atoms with Crippen LogP contribution in [-0.2, 0) is 6.42 Å². The molecular weight excluding hydrogens is 202 g/mol. The maximum atomic E-state index is 3.58. The molecule has 1 nitrogen and oxygen atoms in total. The second-order valence-electron chi connectivity index (χ2n) is 3.89. The van der Waals surface area contributed by atoms with Crippen molar-refractivity contribution in [3.8, 4) is 0 Å². The van der Waals surface area contributed by atoms with Crippen molar-refractivity contribution in [3.05, 3.63) is 57.8 Å². The van der Waals surface area contributed by atoms with E-state index in [1.807, 2.05) is 0 Å². The Morgan fingerprint density at radius 1 is 1.20 bits per heavy atom. The highest BCUT2D eigenvalue weighted by Gasteiger charge is 2.20. The van der Waals surface area contributed by atoms with Gasteiger partial charge in [0.25, 0.3) is 0 Å². The minimum atomic E-state index is 0.404. The zero-order valence-electron chi connectivity index (χ0n) is 8.44. The molecular formula is C13H13NS. The quantitative estimate of drug-likeness (QED) is 0.771. The second-order valence-corrected chi connectivity index (χ2v) is 4.67. The largest absolute Gasteiger partial charge is 0.306 e. The fourth-order valence-corrected chi connectivity index (χ4v) is 2.93. The fraction of sp³-hybridized carbons (Fsp3) is 0.231.